The van der Waals surface area contributed by atoms with Crippen molar-refractivity contribution in [2.24, 2.45) is 0 Å². The van der Waals surface area contributed by atoms with Crippen LogP contribution < -0.4 is 4.31 Å². The Hall–Kier alpha value is -3.16. The highest BCUT2D eigenvalue weighted by molar-refractivity contribution is 7.92. The quantitative estimate of drug-likeness (QED) is 0.380. The molecule has 1 fully saturated rings. The van der Waals surface area contributed by atoms with Crippen LogP contribution in [0, 0.1) is 6.92 Å². The summed E-state index contributed by atoms with van der Waals surface area (Å²) in [6.45, 7) is 1.95. The van der Waals surface area contributed by atoms with Crippen LogP contribution in [0.1, 0.15) is 40.1 Å². The largest absolute Gasteiger partial charge is 0.280 e. The number of anilines is 1. The van der Waals surface area contributed by atoms with Crippen molar-refractivity contribution in [1.82, 2.24) is 10.2 Å². The summed E-state index contributed by atoms with van der Waals surface area (Å²) in [7, 11) is -3.72. The molecule has 7 heteroatoms. The van der Waals surface area contributed by atoms with E-state index in [2.05, 4.69) is 64.1 Å². The lowest BCUT2D eigenvalue weighted by molar-refractivity contribution is 0.589. The molecule has 1 unspecified atom stereocenters. The van der Waals surface area contributed by atoms with Gasteiger partial charge in [-0.2, -0.15) is 5.10 Å². The standard InChI is InChI=1S/C27H25N3O2S2/c1-19-9-13-22(14-10-19)34(31,32)30(21-11-12-21)26-23-15-16-27(18-24(23)28-29-26,25-8-5-17-33-25)20-6-3-2-4-7-20/h2-10,13-17,21H,11-12,18H2,1H3,(H,28,29). The Kier molecular flexibility index (Phi) is 5.00. The number of benzene rings is 2. The van der Waals surface area contributed by atoms with Gasteiger partial charge in [0.15, 0.2) is 5.82 Å². The van der Waals surface area contributed by atoms with E-state index in [1.165, 1.54) is 14.7 Å². The number of sulfonamides is 1. The molecule has 0 spiro atoms. The lowest BCUT2D eigenvalue weighted by atomic mass is 9.72. The molecule has 0 radical (unpaired) electrons. The zero-order valence-corrected chi connectivity index (χ0v) is 20.4. The number of nitrogens with zero attached hydrogens (tertiary/aromatic N) is 2. The van der Waals surface area contributed by atoms with Crippen LogP contribution >= 0.6 is 11.3 Å². The second-order valence-electron chi connectivity index (χ2n) is 9.11. The fourth-order valence-corrected chi connectivity index (χ4v) is 7.42. The second-order valence-corrected chi connectivity index (χ2v) is 11.9. The molecule has 2 aliphatic carbocycles. The molecule has 172 valence electrons. The number of rotatable bonds is 6. The molecule has 0 aliphatic heterocycles. The second kappa shape index (κ2) is 7.96. The number of H-pyrrole nitrogens is 1. The topological polar surface area (TPSA) is 66.1 Å². The molecule has 0 bridgehead atoms. The summed E-state index contributed by atoms with van der Waals surface area (Å²) in [6.07, 6.45) is 6.67. The van der Waals surface area contributed by atoms with Gasteiger partial charge in [-0.1, -0.05) is 66.2 Å². The average Bonchev–Trinajstić information content (AvgIpc) is 3.35. The number of hydrogen-bond donors (Lipinski definition) is 1. The summed E-state index contributed by atoms with van der Waals surface area (Å²) < 4.78 is 28.9. The Bertz CT molecular complexity index is 1450. The van der Waals surface area contributed by atoms with E-state index in [0.717, 1.165) is 29.7 Å². The zero-order valence-electron chi connectivity index (χ0n) is 18.8. The minimum absolute atomic E-state index is 0.0507. The number of thiophene rings is 1. The fraction of sp³-hybridized carbons (Fsp3) is 0.222. The molecule has 2 heterocycles. The van der Waals surface area contributed by atoms with Crippen molar-refractivity contribution in [2.45, 2.75) is 42.5 Å². The Morgan fingerprint density at radius 1 is 1.03 bits per heavy atom. The van der Waals surface area contributed by atoms with Gasteiger partial charge < -0.3 is 0 Å². The van der Waals surface area contributed by atoms with E-state index < -0.39 is 10.0 Å². The SMILES string of the molecule is Cc1ccc(S(=O)(=O)N(c2n[nH]c3c2C=CC(c2ccccc2)(c2cccs2)C3)C2CC2)cc1. The first-order valence-electron chi connectivity index (χ1n) is 11.5. The number of allylic oxidation sites excluding steroid dienone is 1. The van der Waals surface area contributed by atoms with Gasteiger partial charge in [-0.05, 0) is 48.9 Å². The van der Waals surface area contributed by atoms with Gasteiger partial charge in [0.1, 0.15) is 0 Å². The maximum Gasteiger partial charge on any atom is 0.265 e. The molecule has 6 rings (SSSR count). The van der Waals surface area contributed by atoms with E-state index in [-0.39, 0.29) is 11.5 Å². The summed E-state index contributed by atoms with van der Waals surface area (Å²) in [6, 6.07) is 21.7. The van der Waals surface area contributed by atoms with Gasteiger partial charge in [-0.15, -0.1) is 11.3 Å². The van der Waals surface area contributed by atoms with Crippen molar-refractivity contribution in [1.29, 1.82) is 0 Å². The van der Waals surface area contributed by atoms with E-state index in [1.807, 2.05) is 25.1 Å². The smallest absolute Gasteiger partial charge is 0.265 e. The molecule has 2 aliphatic rings. The summed E-state index contributed by atoms with van der Waals surface area (Å²) in [5.74, 6) is 0.502. The number of nitrogens with one attached hydrogen (secondary N) is 1. The highest BCUT2D eigenvalue weighted by Crippen LogP contribution is 2.46. The minimum atomic E-state index is -3.72. The molecular weight excluding hydrogens is 462 g/mol. The van der Waals surface area contributed by atoms with Crippen molar-refractivity contribution in [3.05, 3.63) is 105 Å². The molecule has 2 aromatic heterocycles. The van der Waals surface area contributed by atoms with Crippen LogP contribution in [-0.4, -0.2) is 24.7 Å². The Morgan fingerprint density at radius 3 is 2.47 bits per heavy atom. The molecule has 5 nitrogen and oxygen atoms in total. The lowest BCUT2D eigenvalue weighted by Crippen LogP contribution is -2.34. The molecule has 1 atom stereocenters. The highest BCUT2D eigenvalue weighted by atomic mass is 32.2. The third-order valence-corrected chi connectivity index (χ3v) is 9.67. The molecule has 1 N–H and O–H groups in total. The number of hydrogen-bond acceptors (Lipinski definition) is 4. The van der Waals surface area contributed by atoms with Crippen molar-refractivity contribution in [2.75, 3.05) is 4.31 Å². The normalized spacial score (nSPS) is 19.7. The van der Waals surface area contributed by atoms with Crippen molar-refractivity contribution < 1.29 is 8.42 Å². The Morgan fingerprint density at radius 2 is 1.79 bits per heavy atom. The Labute approximate surface area is 203 Å². The average molecular weight is 488 g/mol. The monoisotopic (exact) mass is 487 g/mol. The first-order valence-corrected chi connectivity index (χ1v) is 13.8. The number of aryl methyl sites for hydroxylation is 1. The van der Waals surface area contributed by atoms with Gasteiger partial charge in [0.05, 0.1) is 10.3 Å². The third-order valence-electron chi connectivity index (χ3n) is 6.77. The Balaban J connectivity index is 1.44. The zero-order chi connectivity index (χ0) is 23.3. The molecular formula is C27H25N3O2S2. The van der Waals surface area contributed by atoms with Crippen LogP contribution in [0.25, 0.3) is 6.08 Å². The van der Waals surface area contributed by atoms with Gasteiger partial charge in [-0.3, -0.25) is 5.10 Å². The molecule has 2 aromatic carbocycles. The molecule has 34 heavy (non-hydrogen) atoms. The summed E-state index contributed by atoms with van der Waals surface area (Å²) >= 11 is 1.74. The van der Waals surface area contributed by atoms with Crippen LogP contribution in [0.2, 0.25) is 0 Å². The first kappa shape index (κ1) is 21.4. The number of aromatic nitrogens is 2. The van der Waals surface area contributed by atoms with Crippen LogP contribution in [0.5, 0.6) is 0 Å². The predicted octanol–water partition coefficient (Wildman–Crippen LogP) is 5.69. The predicted molar refractivity (Wildman–Crippen MR) is 137 cm³/mol. The van der Waals surface area contributed by atoms with Gasteiger partial charge in [0.2, 0.25) is 0 Å². The van der Waals surface area contributed by atoms with E-state index in [4.69, 9.17) is 0 Å². The fourth-order valence-electron chi connectivity index (χ4n) is 4.81. The van der Waals surface area contributed by atoms with Crippen molar-refractivity contribution in [3.8, 4) is 0 Å². The van der Waals surface area contributed by atoms with Crippen LogP contribution in [0.15, 0.2) is 83.1 Å². The maximum atomic E-state index is 13.7. The minimum Gasteiger partial charge on any atom is -0.280 e. The summed E-state index contributed by atoms with van der Waals surface area (Å²) in [4.78, 5) is 1.56. The van der Waals surface area contributed by atoms with Crippen LogP contribution in [0.3, 0.4) is 0 Å². The van der Waals surface area contributed by atoms with Gasteiger partial charge >= 0.3 is 0 Å². The molecule has 4 aromatic rings. The van der Waals surface area contributed by atoms with Crippen molar-refractivity contribution in [3.63, 3.8) is 0 Å². The van der Waals surface area contributed by atoms with Crippen molar-refractivity contribution >= 4 is 33.3 Å². The van der Waals surface area contributed by atoms with Crippen LogP contribution in [0.4, 0.5) is 5.82 Å². The van der Waals surface area contributed by atoms with E-state index in [1.54, 1.807) is 23.5 Å². The lowest BCUT2D eigenvalue weighted by Gasteiger charge is -2.33. The highest BCUT2D eigenvalue weighted by Gasteiger charge is 2.43. The molecule has 1 saturated carbocycles. The van der Waals surface area contributed by atoms with E-state index in [9.17, 15) is 8.42 Å². The first-order chi connectivity index (χ1) is 16.5. The number of aromatic amines is 1. The molecule has 0 amide bonds. The third kappa shape index (κ3) is 3.42. The van der Waals surface area contributed by atoms with Crippen LogP contribution in [-0.2, 0) is 21.9 Å². The van der Waals surface area contributed by atoms with Gasteiger partial charge in [-0.25, -0.2) is 12.7 Å². The molecule has 0 saturated heterocycles. The summed E-state index contributed by atoms with van der Waals surface area (Å²) in [5.41, 5.74) is 3.75. The maximum absolute atomic E-state index is 13.7. The number of fused-ring (bicyclic) bond motifs is 1. The van der Waals surface area contributed by atoms with E-state index in [0.29, 0.717) is 17.1 Å². The van der Waals surface area contributed by atoms with Gasteiger partial charge in [0.25, 0.3) is 10.0 Å². The van der Waals surface area contributed by atoms with Gasteiger partial charge in [0, 0.05) is 28.6 Å². The summed E-state index contributed by atoms with van der Waals surface area (Å²) in [5, 5.41) is 9.89. The van der Waals surface area contributed by atoms with E-state index >= 15 is 0 Å².